The number of amides is 2. The first-order valence-electron chi connectivity index (χ1n) is 12.1. The van der Waals surface area contributed by atoms with Gasteiger partial charge in [-0.15, -0.1) is 0 Å². The van der Waals surface area contributed by atoms with Gasteiger partial charge in [0.15, 0.2) is 0 Å². The SMILES string of the molecule is CSCC[C@H](NC(=O)OCC1c2ccccc2-c2ccccc21)C(=O)N1CCC[C@@H]2C[C@@]21C(=O)O. The van der Waals surface area contributed by atoms with Gasteiger partial charge in [0.2, 0.25) is 5.91 Å². The number of aliphatic carboxylic acids is 1. The van der Waals surface area contributed by atoms with Crippen molar-refractivity contribution in [3.05, 3.63) is 59.7 Å². The second kappa shape index (κ2) is 9.57. The topological polar surface area (TPSA) is 95.9 Å². The number of hydrogen-bond acceptors (Lipinski definition) is 5. The van der Waals surface area contributed by atoms with Gasteiger partial charge < -0.3 is 20.1 Å². The predicted octanol–water partition coefficient (Wildman–Crippen LogP) is 4.11. The molecule has 0 spiro atoms. The number of hydrogen-bond donors (Lipinski definition) is 2. The van der Waals surface area contributed by atoms with E-state index in [1.807, 2.05) is 30.5 Å². The third kappa shape index (κ3) is 4.18. The highest BCUT2D eigenvalue weighted by molar-refractivity contribution is 7.98. The minimum atomic E-state index is -1.10. The van der Waals surface area contributed by atoms with Crippen LogP contribution in [-0.2, 0) is 14.3 Å². The number of carbonyl (C=O) groups is 3. The number of benzene rings is 2. The van der Waals surface area contributed by atoms with Gasteiger partial charge in [0.25, 0.3) is 0 Å². The van der Waals surface area contributed by atoms with Gasteiger partial charge in [0.05, 0.1) is 0 Å². The Bertz CT molecular complexity index is 1110. The number of fused-ring (bicyclic) bond motifs is 4. The van der Waals surface area contributed by atoms with Crippen molar-refractivity contribution in [2.75, 3.05) is 25.2 Å². The summed E-state index contributed by atoms with van der Waals surface area (Å²) in [5, 5.41) is 12.6. The maximum Gasteiger partial charge on any atom is 0.407 e. The molecule has 2 aliphatic carbocycles. The Kier molecular flexibility index (Phi) is 6.49. The highest BCUT2D eigenvalue weighted by Gasteiger charge is 2.67. The van der Waals surface area contributed by atoms with E-state index >= 15 is 0 Å². The van der Waals surface area contributed by atoms with Crippen LogP contribution in [-0.4, -0.2) is 64.7 Å². The molecule has 0 unspecified atom stereocenters. The maximum atomic E-state index is 13.5. The van der Waals surface area contributed by atoms with Crippen LogP contribution >= 0.6 is 11.8 Å². The van der Waals surface area contributed by atoms with E-state index in [2.05, 4.69) is 29.6 Å². The first kappa shape index (κ1) is 23.7. The average Bonchev–Trinajstić information content (AvgIpc) is 3.56. The lowest BCUT2D eigenvalue weighted by Crippen LogP contribution is -2.57. The van der Waals surface area contributed by atoms with Gasteiger partial charge >= 0.3 is 12.1 Å². The van der Waals surface area contributed by atoms with Crippen molar-refractivity contribution in [1.82, 2.24) is 10.2 Å². The van der Waals surface area contributed by atoms with Gasteiger partial charge in [-0.25, -0.2) is 9.59 Å². The smallest absolute Gasteiger partial charge is 0.407 e. The number of thioether (sulfide) groups is 1. The largest absolute Gasteiger partial charge is 0.479 e. The predicted molar refractivity (Wildman–Crippen MR) is 134 cm³/mol. The number of carboxylic acids is 1. The number of ether oxygens (including phenoxy) is 1. The van der Waals surface area contributed by atoms with Gasteiger partial charge in [-0.2, -0.15) is 11.8 Å². The quantitative estimate of drug-likeness (QED) is 0.573. The van der Waals surface area contributed by atoms with Gasteiger partial charge in [0, 0.05) is 12.5 Å². The third-order valence-electron chi connectivity index (χ3n) is 7.67. The fraction of sp³-hybridized carbons (Fsp3) is 0.444. The molecular weight excluding hydrogens is 464 g/mol. The van der Waals surface area contributed by atoms with E-state index in [9.17, 15) is 19.5 Å². The Labute approximate surface area is 209 Å². The molecule has 8 heteroatoms. The summed E-state index contributed by atoms with van der Waals surface area (Å²) in [4.78, 5) is 39.9. The third-order valence-corrected chi connectivity index (χ3v) is 8.31. The molecule has 0 radical (unpaired) electrons. The second-order valence-corrected chi connectivity index (χ2v) is 10.6. The number of piperidine rings is 1. The molecule has 2 aromatic carbocycles. The van der Waals surface area contributed by atoms with Crippen LogP contribution in [0.15, 0.2) is 48.5 Å². The van der Waals surface area contributed by atoms with Crippen LogP contribution in [0.4, 0.5) is 4.79 Å². The molecule has 3 aliphatic rings. The van der Waals surface area contributed by atoms with Crippen molar-refractivity contribution in [3.63, 3.8) is 0 Å². The van der Waals surface area contributed by atoms with Crippen LogP contribution in [0.1, 0.15) is 42.7 Å². The number of carboxylic acid groups (broad SMARTS) is 1. The molecule has 2 aromatic rings. The lowest BCUT2D eigenvalue weighted by molar-refractivity contribution is -0.155. The summed E-state index contributed by atoms with van der Waals surface area (Å²) in [7, 11) is 0. The Morgan fingerprint density at radius 2 is 1.80 bits per heavy atom. The van der Waals surface area contributed by atoms with Crippen molar-refractivity contribution >= 4 is 29.7 Å². The average molecular weight is 495 g/mol. The van der Waals surface area contributed by atoms with Gasteiger partial charge in [0.1, 0.15) is 18.2 Å². The van der Waals surface area contributed by atoms with Crippen molar-refractivity contribution in [3.8, 4) is 11.1 Å². The van der Waals surface area contributed by atoms with E-state index < -0.39 is 23.6 Å². The number of carbonyl (C=O) groups excluding carboxylic acids is 2. The van der Waals surface area contributed by atoms with Crippen LogP contribution < -0.4 is 5.32 Å². The molecule has 0 aromatic heterocycles. The van der Waals surface area contributed by atoms with Crippen molar-refractivity contribution < 1.29 is 24.2 Å². The number of alkyl carbamates (subject to hydrolysis) is 1. The van der Waals surface area contributed by atoms with E-state index in [4.69, 9.17) is 4.74 Å². The highest BCUT2D eigenvalue weighted by atomic mass is 32.2. The lowest BCUT2D eigenvalue weighted by Gasteiger charge is -2.36. The molecule has 1 saturated carbocycles. The molecule has 1 heterocycles. The molecule has 7 nitrogen and oxygen atoms in total. The summed E-state index contributed by atoms with van der Waals surface area (Å²) < 4.78 is 5.65. The summed E-state index contributed by atoms with van der Waals surface area (Å²) in [5.74, 6) is -0.666. The summed E-state index contributed by atoms with van der Waals surface area (Å²) in [6, 6.07) is 15.4. The fourth-order valence-electron chi connectivity index (χ4n) is 5.83. The van der Waals surface area contributed by atoms with E-state index in [0.29, 0.717) is 25.1 Å². The summed E-state index contributed by atoms with van der Waals surface area (Å²) in [6.07, 6.45) is 3.80. The molecule has 2 amide bonds. The molecule has 35 heavy (non-hydrogen) atoms. The number of rotatable bonds is 8. The minimum absolute atomic E-state index is 0.00774. The minimum Gasteiger partial charge on any atom is -0.479 e. The summed E-state index contributed by atoms with van der Waals surface area (Å²) in [6.45, 7) is 0.567. The monoisotopic (exact) mass is 494 g/mol. The maximum absolute atomic E-state index is 13.5. The molecule has 1 aliphatic heterocycles. The van der Waals surface area contributed by atoms with Crippen LogP contribution in [0, 0.1) is 5.92 Å². The normalized spacial score (nSPS) is 23.0. The molecule has 184 valence electrons. The number of likely N-dealkylation sites (tertiary alicyclic amines) is 1. The van der Waals surface area contributed by atoms with Gasteiger partial charge in [-0.05, 0) is 65.9 Å². The standard InChI is InChI=1S/C27H30N2O5S/c1-35-14-12-23(24(30)29-13-6-7-17-15-27(17,29)25(31)32)28-26(33)34-16-22-20-10-4-2-8-18(20)19-9-3-5-11-21(19)22/h2-5,8-11,17,22-23H,6-7,12-16H2,1H3,(H,28,33)(H,31,32)/t17-,23+,27+/m1/s1. The summed E-state index contributed by atoms with van der Waals surface area (Å²) in [5.41, 5.74) is 3.43. The zero-order valence-electron chi connectivity index (χ0n) is 19.7. The molecule has 2 N–H and O–H groups in total. The molecule has 1 saturated heterocycles. The number of nitrogens with one attached hydrogen (secondary N) is 1. The van der Waals surface area contributed by atoms with Crippen LogP contribution in [0.5, 0.6) is 0 Å². The van der Waals surface area contributed by atoms with E-state index in [0.717, 1.165) is 35.1 Å². The highest BCUT2D eigenvalue weighted by Crippen LogP contribution is 2.54. The van der Waals surface area contributed by atoms with Crippen LogP contribution in [0.2, 0.25) is 0 Å². The van der Waals surface area contributed by atoms with E-state index in [1.165, 1.54) is 4.90 Å². The number of nitrogens with zero attached hydrogens (tertiary/aromatic N) is 1. The lowest BCUT2D eigenvalue weighted by atomic mass is 9.98. The Balaban J connectivity index is 1.28. The summed E-state index contributed by atoms with van der Waals surface area (Å²) >= 11 is 1.58. The Morgan fingerprint density at radius 3 is 2.43 bits per heavy atom. The van der Waals surface area contributed by atoms with Crippen molar-refractivity contribution in [1.29, 1.82) is 0 Å². The van der Waals surface area contributed by atoms with Crippen LogP contribution in [0.3, 0.4) is 0 Å². The zero-order chi connectivity index (χ0) is 24.6. The fourth-order valence-corrected chi connectivity index (χ4v) is 6.30. The molecular formula is C27H30N2O5S. The van der Waals surface area contributed by atoms with Crippen LogP contribution in [0.25, 0.3) is 11.1 Å². The van der Waals surface area contributed by atoms with Crippen molar-refractivity contribution in [2.45, 2.75) is 43.2 Å². The Hall–Kier alpha value is -3.00. The first-order valence-corrected chi connectivity index (χ1v) is 13.5. The molecule has 5 rings (SSSR count). The second-order valence-electron chi connectivity index (χ2n) is 9.57. The molecule has 0 bridgehead atoms. The van der Waals surface area contributed by atoms with E-state index in [-0.39, 0.29) is 24.3 Å². The van der Waals surface area contributed by atoms with E-state index in [1.54, 1.807) is 11.8 Å². The first-order chi connectivity index (χ1) is 17.0. The van der Waals surface area contributed by atoms with Gasteiger partial charge in [-0.3, -0.25) is 4.79 Å². The van der Waals surface area contributed by atoms with Crippen molar-refractivity contribution in [2.24, 2.45) is 5.92 Å². The Morgan fingerprint density at radius 1 is 1.14 bits per heavy atom. The zero-order valence-corrected chi connectivity index (χ0v) is 20.6. The molecule has 3 atom stereocenters. The molecule has 2 fully saturated rings. The van der Waals surface area contributed by atoms with Gasteiger partial charge in [-0.1, -0.05) is 48.5 Å².